The first-order valence-corrected chi connectivity index (χ1v) is 4.67. The Hall–Kier alpha value is -0.680. The number of aromatic nitrogens is 2. The van der Waals surface area contributed by atoms with Gasteiger partial charge in [-0.15, -0.1) is 10.2 Å². The zero-order valence-corrected chi connectivity index (χ0v) is 8.15. The minimum atomic E-state index is 0.783. The average molecular weight is 187 g/mol. The molecule has 0 saturated heterocycles. The van der Waals surface area contributed by atoms with E-state index >= 15 is 0 Å². The molecular formula is C7H13N3OS. The lowest BCUT2D eigenvalue weighted by Gasteiger charge is -1.99. The summed E-state index contributed by atoms with van der Waals surface area (Å²) in [4.78, 5) is 0. The Morgan fingerprint density at radius 1 is 1.50 bits per heavy atom. The van der Waals surface area contributed by atoms with Crippen molar-refractivity contribution in [2.75, 3.05) is 25.6 Å². The molecule has 4 nitrogen and oxygen atoms in total. The van der Waals surface area contributed by atoms with Gasteiger partial charge in [0.15, 0.2) is 0 Å². The van der Waals surface area contributed by atoms with Crippen molar-refractivity contribution in [3.8, 4) is 0 Å². The van der Waals surface area contributed by atoms with Crippen molar-refractivity contribution in [2.24, 2.45) is 0 Å². The zero-order valence-electron chi connectivity index (χ0n) is 7.33. The lowest BCUT2D eigenvalue weighted by atomic mass is 10.4. The van der Waals surface area contributed by atoms with Gasteiger partial charge in [-0.2, -0.15) is 0 Å². The molecule has 0 fully saturated rings. The van der Waals surface area contributed by atoms with Gasteiger partial charge in [-0.05, 0) is 13.3 Å². The summed E-state index contributed by atoms with van der Waals surface area (Å²) in [6.45, 7) is 3.62. The summed E-state index contributed by atoms with van der Waals surface area (Å²) in [6.07, 6.45) is 0.995. The number of anilines is 1. The summed E-state index contributed by atoms with van der Waals surface area (Å²) < 4.78 is 4.91. The van der Waals surface area contributed by atoms with E-state index in [1.165, 1.54) is 0 Å². The van der Waals surface area contributed by atoms with E-state index in [2.05, 4.69) is 15.5 Å². The van der Waals surface area contributed by atoms with E-state index in [9.17, 15) is 0 Å². The fourth-order valence-corrected chi connectivity index (χ4v) is 1.40. The summed E-state index contributed by atoms with van der Waals surface area (Å²) in [5.74, 6) is 0. The van der Waals surface area contributed by atoms with Crippen LogP contribution in [0.15, 0.2) is 0 Å². The van der Waals surface area contributed by atoms with Crippen LogP contribution in [0.2, 0.25) is 0 Å². The van der Waals surface area contributed by atoms with Crippen LogP contribution in [0.4, 0.5) is 5.13 Å². The number of aryl methyl sites for hydroxylation is 1. The summed E-state index contributed by atoms with van der Waals surface area (Å²) in [5, 5.41) is 12.9. The molecule has 0 atom stereocenters. The maximum Gasteiger partial charge on any atom is 0.205 e. The Labute approximate surface area is 76.0 Å². The molecule has 68 valence electrons. The van der Waals surface area contributed by atoms with Crippen LogP contribution in [0.3, 0.4) is 0 Å². The predicted molar refractivity (Wildman–Crippen MR) is 49.6 cm³/mol. The van der Waals surface area contributed by atoms with Gasteiger partial charge in [-0.25, -0.2) is 0 Å². The number of nitrogens with one attached hydrogen (secondary N) is 1. The van der Waals surface area contributed by atoms with Gasteiger partial charge in [-0.1, -0.05) is 11.3 Å². The molecule has 0 aromatic carbocycles. The Balaban J connectivity index is 2.15. The van der Waals surface area contributed by atoms with Gasteiger partial charge in [0.05, 0.1) is 0 Å². The molecule has 1 heterocycles. The third kappa shape index (κ3) is 3.15. The fraction of sp³-hybridized carbons (Fsp3) is 0.714. The minimum Gasteiger partial charge on any atom is -0.385 e. The highest BCUT2D eigenvalue weighted by atomic mass is 32.1. The molecule has 5 heteroatoms. The van der Waals surface area contributed by atoms with Gasteiger partial charge in [0.25, 0.3) is 0 Å². The summed E-state index contributed by atoms with van der Waals surface area (Å²) in [6, 6.07) is 0. The lowest BCUT2D eigenvalue weighted by Crippen LogP contribution is -2.04. The molecule has 0 amide bonds. The second kappa shape index (κ2) is 5.05. The molecule has 0 radical (unpaired) electrons. The molecule has 1 rings (SSSR count). The van der Waals surface area contributed by atoms with Crippen molar-refractivity contribution in [3.63, 3.8) is 0 Å². The van der Waals surface area contributed by atoms with Crippen LogP contribution in [0.1, 0.15) is 11.4 Å². The van der Waals surface area contributed by atoms with Crippen molar-refractivity contribution < 1.29 is 4.74 Å². The molecule has 12 heavy (non-hydrogen) atoms. The van der Waals surface area contributed by atoms with E-state index < -0.39 is 0 Å². The monoisotopic (exact) mass is 187 g/mol. The molecule has 0 bridgehead atoms. The van der Waals surface area contributed by atoms with Gasteiger partial charge in [0.2, 0.25) is 5.13 Å². The van der Waals surface area contributed by atoms with E-state index in [0.717, 1.165) is 29.7 Å². The Morgan fingerprint density at radius 2 is 2.33 bits per heavy atom. The van der Waals surface area contributed by atoms with Gasteiger partial charge in [0.1, 0.15) is 5.01 Å². The molecular weight excluding hydrogens is 174 g/mol. The van der Waals surface area contributed by atoms with Crippen LogP contribution in [0, 0.1) is 6.92 Å². The largest absolute Gasteiger partial charge is 0.385 e. The minimum absolute atomic E-state index is 0.783. The van der Waals surface area contributed by atoms with Crippen LogP contribution >= 0.6 is 11.3 Å². The number of rotatable bonds is 5. The van der Waals surface area contributed by atoms with Crippen molar-refractivity contribution in [3.05, 3.63) is 5.01 Å². The second-order valence-corrected chi connectivity index (χ2v) is 3.58. The molecule has 1 aromatic rings. The van der Waals surface area contributed by atoms with Crippen molar-refractivity contribution in [1.29, 1.82) is 0 Å². The molecule has 0 aliphatic heterocycles. The first-order chi connectivity index (χ1) is 5.83. The average Bonchev–Trinajstić information content (AvgIpc) is 2.45. The highest BCUT2D eigenvalue weighted by Gasteiger charge is 1.97. The number of nitrogens with zero attached hydrogens (tertiary/aromatic N) is 2. The Bertz CT molecular complexity index is 226. The van der Waals surface area contributed by atoms with Crippen molar-refractivity contribution >= 4 is 16.5 Å². The lowest BCUT2D eigenvalue weighted by molar-refractivity contribution is 0.198. The molecule has 0 spiro atoms. The van der Waals surface area contributed by atoms with E-state index in [0.29, 0.717) is 0 Å². The molecule has 1 aromatic heterocycles. The van der Waals surface area contributed by atoms with E-state index in [1.54, 1.807) is 18.4 Å². The Morgan fingerprint density at radius 3 is 2.92 bits per heavy atom. The normalized spacial score (nSPS) is 10.2. The van der Waals surface area contributed by atoms with Crippen molar-refractivity contribution in [1.82, 2.24) is 10.2 Å². The van der Waals surface area contributed by atoms with Crippen LogP contribution in [-0.2, 0) is 4.74 Å². The highest BCUT2D eigenvalue weighted by molar-refractivity contribution is 7.15. The van der Waals surface area contributed by atoms with Crippen molar-refractivity contribution in [2.45, 2.75) is 13.3 Å². The molecule has 1 N–H and O–H groups in total. The van der Waals surface area contributed by atoms with Gasteiger partial charge in [0, 0.05) is 20.3 Å². The molecule has 0 unspecified atom stereocenters. The standard InChI is InChI=1S/C7H13N3OS/c1-6-9-10-7(12-6)8-4-3-5-11-2/h3-5H2,1-2H3,(H,8,10). The highest BCUT2D eigenvalue weighted by Crippen LogP contribution is 2.12. The maximum atomic E-state index is 4.91. The number of ether oxygens (including phenoxy) is 1. The Kier molecular flexibility index (Phi) is 3.96. The van der Waals surface area contributed by atoms with Gasteiger partial charge in [-0.3, -0.25) is 0 Å². The predicted octanol–water partition coefficient (Wildman–Crippen LogP) is 1.29. The fourth-order valence-electron chi connectivity index (χ4n) is 0.780. The maximum absolute atomic E-state index is 4.91. The van der Waals surface area contributed by atoms with Crippen LogP contribution < -0.4 is 5.32 Å². The summed E-state index contributed by atoms with van der Waals surface area (Å²) in [7, 11) is 1.70. The van der Waals surface area contributed by atoms with E-state index in [1.807, 2.05) is 6.92 Å². The van der Waals surface area contributed by atoms with Gasteiger partial charge < -0.3 is 10.1 Å². The first-order valence-electron chi connectivity index (χ1n) is 3.86. The molecule has 0 aliphatic rings. The first kappa shape index (κ1) is 9.41. The smallest absolute Gasteiger partial charge is 0.205 e. The third-order valence-electron chi connectivity index (χ3n) is 1.33. The van der Waals surface area contributed by atoms with Crippen LogP contribution in [0.5, 0.6) is 0 Å². The van der Waals surface area contributed by atoms with Crippen LogP contribution in [-0.4, -0.2) is 30.5 Å². The molecule has 0 aliphatic carbocycles. The second-order valence-electron chi connectivity index (χ2n) is 2.40. The van der Waals surface area contributed by atoms with E-state index in [-0.39, 0.29) is 0 Å². The SMILES string of the molecule is COCCCNc1nnc(C)s1. The molecule has 0 saturated carbocycles. The topological polar surface area (TPSA) is 47.0 Å². The van der Waals surface area contributed by atoms with E-state index in [4.69, 9.17) is 4.74 Å². The summed E-state index contributed by atoms with van der Waals surface area (Å²) in [5.41, 5.74) is 0. The number of methoxy groups -OCH3 is 1. The number of hydrogen-bond acceptors (Lipinski definition) is 5. The quantitative estimate of drug-likeness (QED) is 0.706. The zero-order chi connectivity index (χ0) is 8.81. The third-order valence-corrected chi connectivity index (χ3v) is 2.12. The van der Waals surface area contributed by atoms with Gasteiger partial charge >= 0.3 is 0 Å². The summed E-state index contributed by atoms with van der Waals surface area (Å²) >= 11 is 1.57. The number of hydrogen-bond donors (Lipinski definition) is 1. The van der Waals surface area contributed by atoms with Crippen LogP contribution in [0.25, 0.3) is 0 Å².